The second-order valence-electron chi connectivity index (χ2n) is 7.74. The number of aromatic nitrogens is 2. The molecule has 1 saturated heterocycles. The van der Waals surface area contributed by atoms with Crippen LogP contribution in [-0.4, -0.2) is 40.5 Å². The number of para-hydroxylation sites is 2. The Morgan fingerprint density at radius 1 is 1.23 bits per heavy atom. The number of imidazole rings is 1. The molecule has 30 heavy (non-hydrogen) atoms. The third-order valence-corrected chi connectivity index (χ3v) is 5.23. The van der Waals surface area contributed by atoms with E-state index in [1.807, 2.05) is 67.3 Å². The van der Waals surface area contributed by atoms with Gasteiger partial charge in [-0.05, 0) is 62.6 Å². The molecule has 1 aliphatic rings. The standard InChI is InChI=1S/C24H27N3O3/c1-16(2)30-21-12-10-17(15-22(21)29-3)11-13-23(28)27-14-6-9-20(27)24-25-18-7-4-5-8-19(18)26-24/h4-5,7-8,10-13,15-16,20H,6,9,14H2,1-3H3,(H,25,26). The number of rotatable bonds is 6. The van der Waals surface area contributed by atoms with Crippen LogP contribution in [0.1, 0.15) is 44.1 Å². The molecular weight excluding hydrogens is 378 g/mol. The van der Waals surface area contributed by atoms with Crippen molar-refractivity contribution in [2.24, 2.45) is 0 Å². The fourth-order valence-electron chi connectivity index (χ4n) is 3.85. The van der Waals surface area contributed by atoms with Crippen LogP contribution in [0.5, 0.6) is 11.5 Å². The molecular formula is C24H27N3O3. The molecule has 0 spiro atoms. The van der Waals surface area contributed by atoms with Gasteiger partial charge in [-0.2, -0.15) is 0 Å². The minimum Gasteiger partial charge on any atom is -0.493 e. The molecule has 0 aliphatic carbocycles. The van der Waals surface area contributed by atoms with E-state index in [1.54, 1.807) is 13.2 Å². The first-order chi connectivity index (χ1) is 14.5. The first kappa shape index (κ1) is 20.0. The third-order valence-electron chi connectivity index (χ3n) is 5.23. The highest BCUT2D eigenvalue weighted by Gasteiger charge is 2.31. The van der Waals surface area contributed by atoms with Gasteiger partial charge in [-0.15, -0.1) is 0 Å². The number of ether oxygens (including phenoxy) is 2. The van der Waals surface area contributed by atoms with E-state index in [0.717, 1.165) is 41.8 Å². The Hall–Kier alpha value is -3.28. The number of methoxy groups -OCH3 is 1. The first-order valence-electron chi connectivity index (χ1n) is 10.3. The lowest BCUT2D eigenvalue weighted by atomic mass is 10.1. The number of nitrogens with zero attached hydrogens (tertiary/aromatic N) is 2. The van der Waals surface area contributed by atoms with E-state index < -0.39 is 0 Å². The van der Waals surface area contributed by atoms with Crippen molar-refractivity contribution in [3.63, 3.8) is 0 Å². The molecule has 1 atom stereocenters. The minimum absolute atomic E-state index is 0.0144. The summed E-state index contributed by atoms with van der Waals surface area (Å²) < 4.78 is 11.2. The van der Waals surface area contributed by atoms with Crippen molar-refractivity contribution >= 4 is 23.0 Å². The average molecular weight is 405 g/mol. The predicted octanol–water partition coefficient (Wildman–Crippen LogP) is 4.74. The Morgan fingerprint density at radius 2 is 2.07 bits per heavy atom. The van der Waals surface area contributed by atoms with Gasteiger partial charge in [-0.25, -0.2) is 4.98 Å². The van der Waals surface area contributed by atoms with Gasteiger partial charge in [0.1, 0.15) is 5.82 Å². The van der Waals surface area contributed by atoms with E-state index in [1.165, 1.54) is 0 Å². The number of fused-ring (bicyclic) bond motifs is 1. The molecule has 1 aliphatic heterocycles. The molecule has 0 bridgehead atoms. The summed E-state index contributed by atoms with van der Waals surface area (Å²) in [4.78, 5) is 22.9. The molecule has 1 amide bonds. The Labute approximate surface area is 176 Å². The monoisotopic (exact) mass is 405 g/mol. The van der Waals surface area contributed by atoms with Crippen molar-refractivity contribution in [1.82, 2.24) is 14.9 Å². The van der Waals surface area contributed by atoms with E-state index in [0.29, 0.717) is 11.5 Å². The Balaban J connectivity index is 1.50. The van der Waals surface area contributed by atoms with E-state index in [9.17, 15) is 4.79 Å². The third kappa shape index (κ3) is 4.17. The predicted molar refractivity (Wildman–Crippen MR) is 118 cm³/mol. The zero-order chi connectivity index (χ0) is 21.1. The van der Waals surface area contributed by atoms with Gasteiger partial charge >= 0.3 is 0 Å². The molecule has 2 aromatic carbocycles. The first-order valence-corrected chi connectivity index (χ1v) is 10.3. The van der Waals surface area contributed by atoms with E-state index >= 15 is 0 Å². The van der Waals surface area contributed by atoms with Gasteiger partial charge in [-0.3, -0.25) is 4.79 Å². The topological polar surface area (TPSA) is 67.5 Å². The molecule has 6 nitrogen and oxygen atoms in total. The highest BCUT2D eigenvalue weighted by molar-refractivity contribution is 5.92. The molecule has 1 aromatic heterocycles. The van der Waals surface area contributed by atoms with Gasteiger partial charge in [0.2, 0.25) is 5.91 Å². The summed E-state index contributed by atoms with van der Waals surface area (Å²) in [6.45, 7) is 4.68. The molecule has 0 saturated carbocycles. The van der Waals surface area contributed by atoms with Crippen molar-refractivity contribution in [2.45, 2.75) is 38.8 Å². The van der Waals surface area contributed by atoms with Gasteiger partial charge in [0.05, 0.1) is 30.3 Å². The van der Waals surface area contributed by atoms with Crippen LogP contribution in [0.25, 0.3) is 17.1 Å². The van der Waals surface area contributed by atoms with Crippen LogP contribution >= 0.6 is 0 Å². The molecule has 6 heteroatoms. The smallest absolute Gasteiger partial charge is 0.247 e. The highest BCUT2D eigenvalue weighted by Crippen LogP contribution is 2.32. The van der Waals surface area contributed by atoms with Crippen molar-refractivity contribution in [1.29, 1.82) is 0 Å². The minimum atomic E-state index is -0.0223. The molecule has 1 fully saturated rings. The number of carbonyl (C=O) groups excluding carboxylic acids is 1. The van der Waals surface area contributed by atoms with Gasteiger partial charge in [0.25, 0.3) is 0 Å². The Morgan fingerprint density at radius 3 is 2.83 bits per heavy atom. The van der Waals surface area contributed by atoms with Crippen molar-refractivity contribution in [3.8, 4) is 11.5 Å². The van der Waals surface area contributed by atoms with Crippen LogP contribution in [0, 0.1) is 0 Å². The van der Waals surface area contributed by atoms with Crippen LogP contribution in [0.4, 0.5) is 0 Å². The summed E-state index contributed by atoms with van der Waals surface area (Å²) in [7, 11) is 1.61. The molecule has 1 unspecified atom stereocenters. The normalized spacial score (nSPS) is 16.7. The summed E-state index contributed by atoms with van der Waals surface area (Å²) in [5.41, 5.74) is 2.81. The Bertz CT molecular complexity index is 1040. The maximum Gasteiger partial charge on any atom is 0.247 e. The largest absolute Gasteiger partial charge is 0.493 e. The number of carbonyl (C=O) groups is 1. The maximum absolute atomic E-state index is 12.9. The fraction of sp³-hybridized carbons (Fsp3) is 0.333. The summed E-state index contributed by atoms with van der Waals surface area (Å²) in [6.07, 6.45) is 5.38. The van der Waals surface area contributed by atoms with Crippen LogP contribution in [0.15, 0.2) is 48.5 Å². The van der Waals surface area contributed by atoms with Gasteiger partial charge in [0.15, 0.2) is 11.5 Å². The summed E-state index contributed by atoms with van der Waals surface area (Å²) in [5.74, 6) is 2.19. The molecule has 0 radical (unpaired) electrons. The fourth-order valence-corrected chi connectivity index (χ4v) is 3.85. The number of hydrogen-bond donors (Lipinski definition) is 1. The highest BCUT2D eigenvalue weighted by atomic mass is 16.5. The lowest BCUT2D eigenvalue weighted by Crippen LogP contribution is -2.29. The van der Waals surface area contributed by atoms with Crippen LogP contribution < -0.4 is 9.47 Å². The average Bonchev–Trinajstić information content (AvgIpc) is 3.39. The number of hydrogen-bond acceptors (Lipinski definition) is 4. The number of nitrogens with one attached hydrogen (secondary N) is 1. The molecule has 4 rings (SSSR count). The lowest BCUT2D eigenvalue weighted by molar-refractivity contribution is -0.126. The van der Waals surface area contributed by atoms with Crippen molar-refractivity contribution in [2.75, 3.05) is 13.7 Å². The SMILES string of the molecule is COc1cc(C=CC(=O)N2CCCC2c2nc3ccccc3[nH]2)ccc1OC(C)C. The van der Waals surface area contributed by atoms with Gasteiger partial charge in [-0.1, -0.05) is 18.2 Å². The number of aromatic amines is 1. The van der Waals surface area contributed by atoms with Gasteiger partial charge in [0, 0.05) is 12.6 Å². The quantitative estimate of drug-likeness (QED) is 0.602. The lowest BCUT2D eigenvalue weighted by Gasteiger charge is -2.21. The number of amides is 1. The van der Waals surface area contributed by atoms with Crippen molar-refractivity contribution < 1.29 is 14.3 Å². The van der Waals surface area contributed by atoms with Crippen LogP contribution in [0.3, 0.4) is 0 Å². The van der Waals surface area contributed by atoms with E-state index in [2.05, 4.69) is 4.98 Å². The molecule has 3 aromatic rings. The van der Waals surface area contributed by atoms with Crippen LogP contribution in [0.2, 0.25) is 0 Å². The van der Waals surface area contributed by atoms with Gasteiger partial charge < -0.3 is 19.4 Å². The van der Waals surface area contributed by atoms with Crippen LogP contribution in [-0.2, 0) is 4.79 Å². The zero-order valence-corrected chi connectivity index (χ0v) is 17.6. The number of likely N-dealkylation sites (tertiary alicyclic amines) is 1. The second kappa shape index (κ2) is 8.61. The summed E-state index contributed by atoms with van der Waals surface area (Å²) in [5, 5.41) is 0. The van der Waals surface area contributed by atoms with Crippen molar-refractivity contribution in [3.05, 3.63) is 59.9 Å². The molecule has 1 N–H and O–H groups in total. The Kier molecular flexibility index (Phi) is 5.74. The number of H-pyrrole nitrogens is 1. The van der Waals surface area contributed by atoms with E-state index in [4.69, 9.17) is 14.5 Å². The second-order valence-corrected chi connectivity index (χ2v) is 7.74. The molecule has 156 valence electrons. The summed E-state index contributed by atoms with van der Waals surface area (Å²) >= 11 is 0. The number of benzene rings is 2. The maximum atomic E-state index is 12.9. The molecule has 2 heterocycles. The zero-order valence-electron chi connectivity index (χ0n) is 17.6. The summed E-state index contributed by atoms with van der Waals surface area (Å²) in [6, 6.07) is 13.6. The van der Waals surface area contributed by atoms with E-state index in [-0.39, 0.29) is 18.1 Å².